The average molecular weight is 247 g/mol. The van der Waals surface area contributed by atoms with Crippen LogP contribution in [0.4, 0.5) is 0 Å². The molecule has 16 heavy (non-hydrogen) atoms. The summed E-state index contributed by atoms with van der Waals surface area (Å²) in [6, 6.07) is 0.330. The van der Waals surface area contributed by atoms with E-state index in [0.717, 1.165) is 37.2 Å². The largest absolute Gasteiger partial charge is 0.465 e. The first-order chi connectivity index (χ1) is 7.72. The molecule has 5 heteroatoms. The van der Waals surface area contributed by atoms with E-state index in [1.54, 1.807) is 0 Å². The fourth-order valence-electron chi connectivity index (χ4n) is 1.61. The maximum atomic E-state index is 11.3. The number of ether oxygens (including phenoxy) is 1. The van der Waals surface area contributed by atoms with Crippen molar-refractivity contribution < 1.29 is 13.7 Å². The molecule has 4 nitrogen and oxygen atoms in total. The lowest BCUT2D eigenvalue weighted by Crippen LogP contribution is -2.39. The van der Waals surface area contributed by atoms with Crippen LogP contribution in [0.1, 0.15) is 32.6 Å². The molecule has 0 saturated carbocycles. The van der Waals surface area contributed by atoms with E-state index in [4.69, 9.17) is 4.74 Å². The second kappa shape index (κ2) is 7.79. The van der Waals surface area contributed by atoms with Gasteiger partial charge >= 0.3 is 5.97 Å². The van der Waals surface area contributed by atoms with Gasteiger partial charge in [0, 0.05) is 28.3 Å². The Labute approximate surface area is 99.6 Å². The minimum atomic E-state index is -0.637. The lowest BCUT2D eigenvalue weighted by Gasteiger charge is -2.22. The Balaban J connectivity index is 2.05. The molecular formula is C11H21NO3S. The van der Waals surface area contributed by atoms with Crippen LogP contribution < -0.4 is 5.32 Å². The highest BCUT2D eigenvalue weighted by molar-refractivity contribution is 7.85. The number of carbonyl (C=O) groups is 1. The van der Waals surface area contributed by atoms with E-state index in [0.29, 0.717) is 12.6 Å². The highest BCUT2D eigenvalue weighted by Crippen LogP contribution is 2.08. The highest BCUT2D eigenvalue weighted by Gasteiger charge is 2.18. The van der Waals surface area contributed by atoms with Crippen LogP contribution >= 0.6 is 0 Å². The Morgan fingerprint density at radius 2 is 2.12 bits per heavy atom. The predicted molar refractivity (Wildman–Crippen MR) is 64.8 cm³/mol. The third kappa shape index (κ3) is 5.61. The van der Waals surface area contributed by atoms with Gasteiger partial charge in [0.1, 0.15) is 0 Å². The highest BCUT2D eigenvalue weighted by atomic mass is 32.2. The molecule has 1 aliphatic heterocycles. The first-order valence-electron chi connectivity index (χ1n) is 5.96. The van der Waals surface area contributed by atoms with Gasteiger partial charge in [-0.1, -0.05) is 13.3 Å². The molecule has 94 valence electrons. The van der Waals surface area contributed by atoms with E-state index in [1.807, 2.05) is 0 Å². The molecule has 1 fully saturated rings. The second-order valence-corrected chi connectivity index (χ2v) is 5.77. The Kier molecular flexibility index (Phi) is 6.64. The van der Waals surface area contributed by atoms with Crippen molar-refractivity contribution in [3.8, 4) is 0 Å². The molecule has 1 saturated heterocycles. The molecule has 0 atom stereocenters. The quantitative estimate of drug-likeness (QED) is 0.558. The van der Waals surface area contributed by atoms with Gasteiger partial charge in [-0.2, -0.15) is 0 Å². The summed E-state index contributed by atoms with van der Waals surface area (Å²) < 4.78 is 16.1. The number of hydrogen-bond acceptors (Lipinski definition) is 4. The zero-order chi connectivity index (χ0) is 11.8. The molecule has 0 spiro atoms. The van der Waals surface area contributed by atoms with Crippen molar-refractivity contribution >= 4 is 16.8 Å². The third-order valence-corrected chi connectivity index (χ3v) is 4.07. The smallest absolute Gasteiger partial charge is 0.319 e. The molecule has 0 bridgehead atoms. The fraction of sp³-hybridized carbons (Fsp3) is 0.909. The van der Waals surface area contributed by atoms with E-state index in [9.17, 15) is 9.00 Å². The second-order valence-electron chi connectivity index (χ2n) is 4.08. The zero-order valence-electron chi connectivity index (χ0n) is 9.87. The van der Waals surface area contributed by atoms with Gasteiger partial charge < -0.3 is 10.1 Å². The summed E-state index contributed by atoms with van der Waals surface area (Å²) in [7, 11) is -0.637. The van der Waals surface area contributed by atoms with E-state index in [-0.39, 0.29) is 12.5 Å². The van der Waals surface area contributed by atoms with Gasteiger partial charge in [-0.15, -0.1) is 0 Å². The number of carbonyl (C=O) groups excluding carboxylic acids is 1. The van der Waals surface area contributed by atoms with Crippen LogP contribution in [-0.4, -0.2) is 40.9 Å². The van der Waals surface area contributed by atoms with Crippen LogP contribution in [0.2, 0.25) is 0 Å². The molecule has 0 radical (unpaired) electrons. The van der Waals surface area contributed by atoms with E-state index >= 15 is 0 Å². The Bertz CT molecular complexity index is 235. The van der Waals surface area contributed by atoms with Gasteiger partial charge in [0.05, 0.1) is 13.2 Å². The van der Waals surface area contributed by atoms with Crippen molar-refractivity contribution in [3.63, 3.8) is 0 Å². The Morgan fingerprint density at radius 1 is 1.44 bits per heavy atom. The number of rotatable bonds is 6. The van der Waals surface area contributed by atoms with E-state index < -0.39 is 10.8 Å². The van der Waals surface area contributed by atoms with Crippen LogP contribution in [0, 0.1) is 0 Å². The first kappa shape index (κ1) is 13.6. The van der Waals surface area contributed by atoms with Crippen molar-refractivity contribution in [2.75, 3.05) is 24.7 Å². The van der Waals surface area contributed by atoms with E-state index in [1.165, 1.54) is 0 Å². The van der Waals surface area contributed by atoms with Gasteiger partial charge in [0.2, 0.25) is 0 Å². The van der Waals surface area contributed by atoms with Gasteiger partial charge in [-0.25, -0.2) is 0 Å². The maximum absolute atomic E-state index is 11.3. The average Bonchev–Trinajstić information content (AvgIpc) is 2.29. The monoisotopic (exact) mass is 247 g/mol. The topological polar surface area (TPSA) is 55.4 Å². The summed E-state index contributed by atoms with van der Waals surface area (Å²) in [6.07, 6.45) is 3.76. The standard InChI is InChI=1S/C11H21NO3S/c1-2-3-6-15-11(13)9-12-10-4-7-16(14)8-5-10/h10,12H,2-9H2,1H3. The van der Waals surface area contributed by atoms with Crippen LogP contribution in [-0.2, 0) is 20.3 Å². The number of hydrogen-bond donors (Lipinski definition) is 1. The summed E-state index contributed by atoms with van der Waals surface area (Å²) in [5, 5.41) is 3.16. The Hall–Kier alpha value is -0.420. The fourth-order valence-corrected chi connectivity index (χ4v) is 2.91. The van der Waals surface area contributed by atoms with Crippen LogP contribution in [0.5, 0.6) is 0 Å². The maximum Gasteiger partial charge on any atom is 0.319 e. The van der Waals surface area contributed by atoms with Crippen LogP contribution in [0.25, 0.3) is 0 Å². The van der Waals surface area contributed by atoms with Gasteiger partial charge in [0.25, 0.3) is 0 Å². The zero-order valence-corrected chi connectivity index (χ0v) is 10.7. The van der Waals surface area contributed by atoms with Crippen LogP contribution in [0.15, 0.2) is 0 Å². The molecule has 0 aromatic rings. The Morgan fingerprint density at radius 3 is 2.75 bits per heavy atom. The van der Waals surface area contributed by atoms with Crippen molar-refractivity contribution in [1.82, 2.24) is 5.32 Å². The molecule has 0 unspecified atom stereocenters. The van der Waals surface area contributed by atoms with Gasteiger partial charge in [-0.3, -0.25) is 9.00 Å². The SMILES string of the molecule is CCCCOC(=O)CNC1CCS(=O)CC1. The molecule has 1 aliphatic rings. The number of esters is 1. The molecule has 0 aromatic carbocycles. The summed E-state index contributed by atoms with van der Waals surface area (Å²) in [5.74, 6) is 1.32. The van der Waals surface area contributed by atoms with Crippen LogP contribution in [0.3, 0.4) is 0 Å². The van der Waals surface area contributed by atoms with E-state index in [2.05, 4.69) is 12.2 Å². The van der Waals surface area contributed by atoms with Gasteiger partial charge in [-0.05, 0) is 19.3 Å². The number of nitrogens with one attached hydrogen (secondary N) is 1. The summed E-state index contributed by atoms with van der Waals surface area (Å²) in [4.78, 5) is 11.3. The van der Waals surface area contributed by atoms with Crippen molar-refractivity contribution in [1.29, 1.82) is 0 Å². The molecule has 1 heterocycles. The predicted octanol–water partition coefficient (Wildman–Crippen LogP) is 0.830. The number of unbranched alkanes of at least 4 members (excludes halogenated alkanes) is 1. The van der Waals surface area contributed by atoms with Gasteiger partial charge in [0.15, 0.2) is 0 Å². The molecule has 0 aromatic heterocycles. The van der Waals surface area contributed by atoms with Crippen molar-refractivity contribution in [2.24, 2.45) is 0 Å². The van der Waals surface area contributed by atoms with Crippen molar-refractivity contribution in [2.45, 2.75) is 38.6 Å². The van der Waals surface area contributed by atoms with Crippen molar-refractivity contribution in [3.05, 3.63) is 0 Å². The lowest BCUT2D eigenvalue weighted by atomic mass is 10.1. The molecule has 1 rings (SSSR count). The summed E-state index contributed by atoms with van der Waals surface area (Å²) >= 11 is 0. The first-order valence-corrected chi connectivity index (χ1v) is 7.45. The lowest BCUT2D eigenvalue weighted by molar-refractivity contribution is -0.142. The molecule has 0 aliphatic carbocycles. The third-order valence-electron chi connectivity index (χ3n) is 2.68. The molecular weight excluding hydrogens is 226 g/mol. The minimum absolute atomic E-state index is 0.180. The minimum Gasteiger partial charge on any atom is -0.465 e. The molecule has 1 N–H and O–H groups in total. The normalized spacial score (nSPS) is 25.3. The summed E-state index contributed by atoms with van der Waals surface area (Å²) in [6.45, 7) is 2.86. The molecule has 0 amide bonds. The summed E-state index contributed by atoms with van der Waals surface area (Å²) in [5.41, 5.74) is 0.